The lowest BCUT2D eigenvalue weighted by Gasteiger charge is -2.25. The molecule has 0 fully saturated rings. The van der Waals surface area contributed by atoms with Crippen LogP contribution >= 0.6 is 0 Å². The fourth-order valence-electron chi connectivity index (χ4n) is 7.61. The van der Waals surface area contributed by atoms with Crippen LogP contribution in [0.3, 0.4) is 0 Å². The highest BCUT2D eigenvalue weighted by atomic mass is 15.3. The number of aliphatic imine (C=N–C) groups is 2. The zero-order chi connectivity index (χ0) is 32.3. The van der Waals surface area contributed by atoms with Crippen LogP contribution in [0, 0.1) is 0 Å². The Morgan fingerprint density at radius 3 is 1.96 bits per heavy atom. The van der Waals surface area contributed by atoms with Gasteiger partial charge in [0.05, 0.1) is 11.0 Å². The van der Waals surface area contributed by atoms with E-state index in [1.165, 1.54) is 43.1 Å². The Bertz CT molecular complexity index is 2790. The molecule has 4 nitrogen and oxygen atoms in total. The van der Waals surface area contributed by atoms with Crippen LogP contribution in [-0.2, 0) is 0 Å². The Hall–Kier alpha value is -6.52. The van der Waals surface area contributed by atoms with Crippen LogP contribution in [0.1, 0.15) is 17.3 Å². The number of hydrogen-bond donors (Lipinski definition) is 1. The molecule has 1 atom stereocenters. The highest BCUT2D eigenvalue weighted by molar-refractivity contribution is 6.38. The smallest absolute Gasteiger partial charge is 0.211 e. The maximum absolute atomic E-state index is 5.37. The first-order valence-electron chi connectivity index (χ1n) is 16.7. The standard InChI is InChI=1S/C45H30N4/c1-3-14-29(15-4-1)32-19-13-20-33(28-32)44-46-43(31-17-5-2-6-18-31)47-45(48-44)49-39-25-12-11-24-38(39)41-40-34-21-8-7-16-30(34)26-27-36(40)35-22-9-10-23-37(35)42(41)49/h1-28,43H,(H,46,47,48). The van der Waals surface area contributed by atoms with Crippen molar-refractivity contribution >= 4 is 65.9 Å². The molecule has 8 aromatic carbocycles. The maximum Gasteiger partial charge on any atom is 0.211 e. The molecule has 0 bridgehead atoms. The lowest BCUT2D eigenvalue weighted by Crippen LogP contribution is -2.37. The van der Waals surface area contributed by atoms with Gasteiger partial charge in [0, 0.05) is 27.1 Å². The summed E-state index contributed by atoms with van der Waals surface area (Å²) in [5, 5.41) is 13.6. The van der Waals surface area contributed by atoms with Gasteiger partial charge in [0.1, 0.15) is 6.17 Å². The summed E-state index contributed by atoms with van der Waals surface area (Å²) in [6.07, 6.45) is -0.326. The average Bonchev–Trinajstić information content (AvgIpc) is 3.54. The number of aromatic nitrogens is 1. The summed E-state index contributed by atoms with van der Waals surface area (Å²) >= 11 is 0. The summed E-state index contributed by atoms with van der Waals surface area (Å²) in [6, 6.07) is 60.2. The van der Waals surface area contributed by atoms with Crippen LogP contribution in [0.2, 0.25) is 0 Å². The number of nitrogens with one attached hydrogen (secondary N) is 1. The Morgan fingerprint density at radius 2 is 1.12 bits per heavy atom. The largest absolute Gasteiger partial charge is 0.330 e. The van der Waals surface area contributed by atoms with Crippen LogP contribution in [-0.4, -0.2) is 16.4 Å². The second-order valence-electron chi connectivity index (χ2n) is 12.6. The van der Waals surface area contributed by atoms with Gasteiger partial charge in [0.25, 0.3) is 0 Å². The molecule has 1 aliphatic heterocycles. The Labute approximate surface area is 283 Å². The number of benzene rings is 8. The van der Waals surface area contributed by atoms with E-state index in [1.807, 2.05) is 12.1 Å². The molecular weight excluding hydrogens is 597 g/mol. The van der Waals surface area contributed by atoms with E-state index in [2.05, 4.69) is 168 Å². The van der Waals surface area contributed by atoms with Gasteiger partial charge in [-0.25, -0.2) is 4.99 Å². The van der Waals surface area contributed by atoms with Crippen molar-refractivity contribution in [2.24, 2.45) is 9.98 Å². The molecule has 1 N–H and O–H groups in total. The molecule has 2 heterocycles. The fraction of sp³-hybridized carbons (Fsp3) is 0.0222. The third kappa shape index (κ3) is 4.38. The second kappa shape index (κ2) is 11.0. The monoisotopic (exact) mass is 626 g/mol. The summed E-state index contributed by atoms with van der Waals surface area (Å²) < 4.78 is 2.33. The summed E-state index contributed by atoms with van der Waals surface area (Å²) in [5.74, 6) is 1.45. The zero-order valence-corrected chi connectivity index (χ0v) is 26.6. The lowest BCUT2D eigenvalue weighted by atomic mass is 9.93. The molecule has 0 saturated heterocycles. The van der Waals surface area contributed by atoms with Crippen LogP contribution in [0.15, 0.2) is 180 Å². The van der Waals surface area contributed by atoms with Gasteiger partial charge in [-0.2, -0.15) is 4.99 Å². The van der Waals surface area contributed by atoms with Crippen molar-refractivity contribution in [3.63, 3.8) is 0 Å². The van der Waals surface area contributed by atoms with Gasteiger partial charge in [0.15, 0.2) is 5.84 Å². The molecule has 0 aliphatic carbocycles. The fourth-order valence-corrected chi connectivity index (χ4v) is 7.61. The molecule has 1 unspecified atom stereocenters. The quantitative estimate of drug-likeness (QED) is 0.195. The van der Waals surface area contributed by atoms with Crippen molar-refractivity contribution in [2.75, 3.05) is 0 Å². The summed E-state index contributed by atoms with van der Waals surface area (Å²) in [6.45, 7) is 0. The molecular formula is C45H30N4. The van der Waals surface area contributed by atoms with Crippen molar-refractivity contribution in [2.45, 2.75) is 6.17 Å². The molecule has 1 aromatic heterocycles. The number of fused-ring (bicyclic) bond motifs is 10. The minimum absolute atomic E-state index is 0.326. The van der Waals surface area contributed by atoms with E-state index in [4.69, 9.17) is 9.98 Å². The van der Waals surface area contributed by atoms with Gasteiger partial charge in [-0.3, -0.25) is 4.57 Å². The van der Waals surface area contributed by atoms with Gasteiger partial charge >= 0.3 is 0 Å². The van der Waals surface area contributed by atoms with E-state index in [1.54, 1.807) is 0 Å². The van der Waals surface area contributed by atoms with E-state index in [0.29, 0.717) is 5.84 Å². The molecule has 10 rings (SSSR count). The van der Waals surface area contributed by atoms with E-state index in [-0.39, 0.29) is 6.17 Å². The molecule has 4 heteroatoms. The van der Waals surface area contributed by atoms with Gasteiger partial charge in [0.2, 0.25) is 5.96 Å². The number of rotatable bonds is 3. The second-order valence-corrected chi connectivity index (χ2v) is 12.6. The molecule has 49 heavy (non-hydrogen) atoms. The van der Waals surface area contributed by atoms with Crippen molar-refractivity contribution in [3.05, 3.63) is 181 Å². The first-order valence-corrected chi connectivity index (χ1v) is 16.7. The predicted octanol–water partition coefficient (Wildman–Crippen LogP) is 10.9. The van der Waals surface area contributed by atoms with Crippen molar-refractivity contribution in [1.82, 2.24) is 9.88 Å². The Kier molecular flexibility index (Phi) is 6.21. The van der Waals surface area contributed by atoms with E-state index in [9.17, 15) is 0 Å². The van der Waals surface area contributed by atoms with E-state index < -0.39 is 0 Å². The van der Waals surface area contributed by atoms with Crippen molar-refractivity contribution < 1.29 is 0 Å². The number of para-hydroxylation sites is 1. The minimum atomic E-state index is -0.326. The lowest BCUT2D eigenvalue weighted by molar-refractivity contribution is 0.661. The van der Waals surface area contributed by atoms with Crippen LogP contribution < -0.4 is 5.32 Å². The normalized spacial score (nSPS) is 14.7. The van der Waals surface area contributed by atoms with Crippen LogP contribution in [0.4, 0.5) is 0 Å². The average molecular weight is 627 g/mol. The van der Waals surface area contributed by atoms with E-state index >= 15 is 0 Å². The molecule has 230 valence electrons. The van der Waals surface area contributed by atoms with Gasteiger partial charge in [-0.15, -0.1) is 0 Å². The molecule has 0 radical (unpaired) electrons. The summed E-state index contributed by atoms with van der Waals surface area (Å²) in [5.41, 5.74) is 6.58. The molecule has 0 spiro atoms. The maximum atomic E-state index is 5.37. The third-order valence-corrected chi connectivity index (χ3v) is 9.81. The van der Waals surface area contributed by atoms with Gasteiger partial charge in [-0.05, 0) is 50.4 Å². The highest BCUT2D eigenvalue weighted by Crippen LogP contribution is 2.43. The zero-order valence-electron chi connectivity index (χ0n) is 26.6. The Balaban J connectivity index is 1.30. The van der Waals surface area contributed by atoms with Crippen LogP contribution in [0.25, 0.3) is 65.3 Å². The van der Waals surface area contributed by atoms with E-state index in [0.717, 1.165) is 39.2 Å². The van der Waals surface area contributed by atoms with Gasteiger partial charge in [-0.1, -0.05) is 158 Å². The summed E-state index contributed by atoms with van der Waals surface area (Å²) in [4.78, 5) is 10.6. The number of amidine groups is 1. The first kappa shape index (κ1) is 27.6. The molecule has 0 amide bonds. The van der Waals surface area contributed by atoms with Crippen molar-refractivity contribution in [1.29, 1.82) is 0 Å². The van der Waals surface area contributed by atoms with Gasteiger partial charge < -0.3 is 5.32 Å². The first-order chi connectivity index (χ1) is 24.3. The predicted molar refractivity (Wildman–Crippen MR) is 206 cm³/mol. The SMILES string of the molecule is c1ccc(-c2cccc(C3=NC(c4ccccc4)NC(n4c5ccccc5c5c6c7ccccc7ccc6c6ccccc6c54)=N3)c2)cc1. The Morgan fingerprint density at radius 1 is 0.469 bits per heavy atom. The minimum Gasteiger partial charge on any atom is -0.330 e. The number of nitrogens with zero attached hydrogens (tertiary/aromatic N) is 3. The third-order valence-electron chi connectivity index (χ3n) is 9.81. The topological polar surface area (TPSA) is 41.7 Å². The summed E-state index contributed by atoms with van der Waals surface area (Å²) in [7, 11) is 0. The molecule has 9 aromatic rings. The van der Waals surface area contributed by atoms with Crippen LogP contribution in [0.5, 0.6) is 0 Å². The molecule has 0 saturated carbocycles. The van der Waals surface area contributed by atoms with Crippen molar-refractivity contribution in [3.8, 4) is 11.1 Å². The number of hydrogen-bond acceptors (Lipinski definition) is 3. The highest BCUT2D eigenvalue weighted by Gasteiger charge is 2.26. The molecule has 1 aliphatic rings.